The van der Waals surface area contributed by atoms with Gasteiger partial charge in [-0.25, -0.2) is 16.0 Å². The number of H-pyrrole nitrogens is 1. The maximum Gasteiger partial charge on any atom is 0.330 e. The van der Waals surface area contributed by atoms with E-state index in [0.717, 1.165) is 16.8 Å². The van der Waals surface area contributed by atoms with Crippen molar-refractivity contribution < 1.29 is 29.6 Å². The van der Waals surface area contributed by atoms with Crippen LogP contribution in [0.3, 0.4) is 0 Å². The minimum atomic E-state index is -1.61. The van der Waals surface area contributed by atoms with Crippen molar-refractivity contribution in [3.63, 3.8) is 0 Å². The number of ether oxygens (including phenoxy) is 2. The van der Waals surface area contributed by atoms with E-state index in [4.69, 9.17) is 26.5 Å². The molecule has 3 heterocycles. The van der Waals surface area contributed by atoms with Crippen LogP contribution in [0.15, 0.2) is 74.6 Å². The van der Waals surface area contributed by atoms with E-state index in [9.17, 15) is 24.5 Å². The maximum absolute atomic E-state index is 13.0. The first-order valence-corrected chi connectivity index (χ1v) is 21.9. The number of azo groups is 1. The van der Waals surface area contributed by atoms with Crippen LogP contribution in [-0.4, -0.2) is 88.2 Å². The van der Waals surface area contributed by atoms with Gasteiger partial charge in [0.1, 0.15) is 24.3 Å². The molecule has 1 saturated heterocycles. The third-order valence-electron chi connectivity index (χ3n) is 10.5. The van der Waals surface area contributed by atoms with Crippen molar-refractivity contribution in [1.29, 1.82) is 0 Å². The van der Waals surface area contributed by atoms with Crippen molar-refractivity contribution in [2.75, 3.05) is 38.3 Å². The lowest BCUT2D eigenvalue weighted by molar-refractivity contribution is -0.384. The smallest absolute Gasteiger partial charge is 0.330 e. The number of amides is 1. The second kappa shape index (κ2) is 21.7. The highest BCUT2D eigenvalue weighted by molar-refractivity contribution is 7.44. The van der Waals surface area contributed by atoms with Crippen LogP contribution in [0.25, 0.3) is 16.5 Å². The third-order valence-corrected chi connectivity index (χ3v) is 12.6. The molecule has 0 saturated carbocycles. The molecule has 0 aliphatic carbocycles. The first-order chi connectivity index (χ1) is 30.5. The molecule has 2 aromatic carbocycles. The van der Waals surface area contributed by atoms with Crippen molar-refractivity contribution in [2.24, 2.45) is 10.2 Å². The summed E-state index contributed by atoms with van der Waals surface area (Å²) in [7, 11) is -0.0611. The number of aromatic nitrogens is 2. The van der Waals surface area contributed by atoms with Crippen LogP contribution in [0.2, 0.25) is 0 Å². The summed E-state index contributed by atoms with van der Waals surface area (Å²) < 4.78 is 35.9. The van der Waals surface area contributed by atoms with Gasteiger partial charge in [0.2, 0.25) is 12.5 Å². The van der Waals surface area contributed by atoms with Crippen LogP contribution in [0.4, 0.5) is 22.7 Å². The first-order valence-electron chi connectivity index (χ1n) is 21.5. The highest BCUT2D eigenvalue weighted by atomic mass is 31.2. The number of allylic oxidation sites excluding steroid dienone is 1. The summed E-state index contributed by atoms with van der Waals surface area (Å²) in [6.07, 6.45) is 5.67. The molecule has 2 aliphatic rings. The summed E-state index contributed by atoms with van der Waals surface area (Å²) >= 11 is 0. The number of benzene rings is 2. The van der Waals surface area contributed by atoms with Gasteiger partial charge in [-0.1, -0.05) is 18.2 Å². The number of hydrogen-bond donors (Lipinski definition) is 2. The van der Waals surface area contributed by atoms with Gasteiger partial charge in [0.15, 0.2) is 0 Å². The van der Waals surface area contributed by atoms with Crippen LogP contribution >= 0.6 is 8.53 Å². The molecule has 1 amide bonds. The molecule has 1 fully saturated rings. The molecule has 2 N–H and O–H groups in total. The Morgan fingerprint density at radius 1 is 1.22 bits per heavy atom. The summed E-state index contributed by atoms with van der Waals surface area (Å²) in [5.41, 5.74) is 2.34. The molecule has 3 aromatic rings. The number of aromatic amines is 1. The molecule has 2 unspecified atom stereocenters. The zero-order valence-electron chi connectivity index (χ0n) is 38.1. The first kappa shape index (κ1) is 46.9. The lowest BCUT2D eigenvalue weighted by atomic mass is 9.88. The number of nitro benzene ring substituents is 1. The molecular formula is C44H58N9O9P. The number of methoxy groups -OCH3 is 1. The SMILES string of the molecule is [2H]C[C@H]1O[C@@H](n2cc(/C=C/CNC(=O)CCCN3c4cc(OC)c(N=Nc5ccc([N+](=O)[O-])cc5)cc4C(C)=CC3(C)C)c(=O)[nH]c2=O)CC1OP(OCC[N+]#[C-])N(C(C)C)C(C)C. The Kier molecular flexibility index (Phi) is 16.1. The van der Waals surface area contributed by atoms with Crippen molar-refractivity contribution in [3.8, 4) is 5.75 Å². The Hall–Kier alpha value is -5.57. The molecule has 19 heteroatoms. The second-order valence-corrected chi connectivity index (χ2v) is 17.6. The van der Waals surface area contributed by atoms with E-state index in [0.29, 0.717) is 30.1 Å². The number of nitrogens with zero attached hydrogens (tertiary/aromatic N) is 7. The van der Waals surface area contributed by atoms with E-state index in [1.807, 2.05) is 46.8 Å². The largest absolute Gasteiger partial charge is 0.494 e. The van der Waals surface area contributed by atoms with Gasteiger partial charge in [0.05, 0.1) is 41.0 Å². The molecule has 0 bridgehead atoms. The highest BCUT2D eigenvalue weighted by Crippen LogP contribution is 2.50. The van der Waals surface area contributed by atoms with Crippen molar-refractivity contribution >= 4 is 48.8 Å². The van der Waals surface area contributed by atoms with E-state index in [1.165, 1.54) is 41.1 Å². The zero-order chi connectivity index (χ0) is 46.7. The summed E-state index contributed by atoms with van der Waals surface area (Å²) in [6, 6.07) is 9.75. The molecule has 63 heavy (non-hydrogen) atoms. The number of hydrogen-bond acceptors (Lipinski definition) is 13. The van der Waals surface area contributed by atoms with E-state index >= 15 is 0 Å². The molecule has 1 aromatic heterocycles. The van der Waals surface area contributed by atoms with Crippen LogP contribution < -0.4 is 26.2 Å². The van der Waals surface area contributed by atoms with Gasteiger partial charge in [-0.05, 0) is 85.6 Å². The fraction of sp³-hybridized carbons (Fsp3) is 0.500. The lowest BCUT2D eigenvalue weighted by Gasteiger charge is -2.43. The monoisotopic (exact) mass is 888 g/mol. The Morgan fingerprint density at radius 2 is 1.95 bits per heavy atom. The summed E-state index contributed by atoms with van der Waals surface area (Å²) in [6.45, 7) is 22.4. The van der Waals surface area contributed by atoms with E-state index in [2.05, 4.69) is 54.9 Å². The number of fused-ring (bicyclic) bond motifs is 1. The predicted molar refractivity (Wildman–Crippen MR) is 243 cm³/mol. The van der Waals surface area contributed by atoms with Crippen LogP contribution in [0.5, 0.6) is 5.75 Å². The maximum atomic E-state index is 13.0. The van der Waals surface area contributed by atoms with Gasteiger partial charge in [0.25, 0.3) is 19.8 Å². The topological polar surface area (TPSA) is 200 Å². The molecule has 4 atom stereocenters. The normalized spacial score (nSPS) is 19.1. The number of carbonyl (C=O) groups is 1. The predicted octanol–water partition coefficient (Wildman–Crippen LogP) is 8.45. The standard InChI is InChI=1S/C44H58N9O9P/c1-28(2)52(29(3)4)63(60-22-20-45-9)62-38-25-41(61-31(38)6)50-27-32(42(55)47-43(50)56)13-11-19-46-40(54)14-12-21-51-37-24-39(59-10)36(23-35(37)30(5)26-44(51,7)8)49-48-33-15-17-34(18-16-33)53(57)58/h11,13,15-18,23-24,26-29,31,38,41H,12,14,19-22,25H2,1-8,10H3,(H,46,54)(H,47,55,56)/b13-11+,49-48?/t31-,38?,41-,63?/m1/s1/i6D. The number of carbonyl (C=O) groups excluding carboxylic acids is 1. The fourth-order valence-corrected chi connectivity index (χ4v) is 9.31. The molecule has 0 radical (unpaired) electrons. The molecular weight excluding hydrogens is 830 g/mol. The Bertz CT molecular complexity index is 2370. The van der Waals surface area contributed by atoms with E-state index in [-0.39, 0.29) is 74.2 Å². The van der Waals surface area contributed by atoms with Gasteiger partial charge in [-0.3, -0.25) is 29.3 Å². The Morgan fingerprint density at radius 3 is 2.60 bits per heavy atom. The van der Waals surface area contributed by atoms with Crippen molar-refractivity contribution in [2.45, 2.75) is 111 Å². The van der Waals surface area contributed by atoms with Crippen LogP contribution in [0, 0.1) is 16.7 Å². The Labute approximate surface area is 370 Å². The zero-order valence-corrected chi connectivity index (χ0v) is 38.0. The molecule has 0 spiro atoms. The fourth-order valence-electron chi connectivity index (χ4n) is 7.56. The van der Waals surface area contributed by atoms with Gasteiger partial charge >= 0.3 is 5.69 Å². The average molecular weight is 889 g/mol. The quantitative estimate of drug-likeness (QED) is 0.0275. The number of nitro groups is 1. The average Bonchev–Trinajstić information content (AvgIpc) is 3.65. The molecule has 2 aliphatic heterocycles. The van der Waals surface area contributed by atoms with Gasteiger partial charge < -0.3 is 33.6 Å². The Balaban J connectivity index is 1.19. The third kappa shape index (κ3) is 12.3. The molecule has 338 valence electrons. The summed E-state index contributed by atoms with van der Waals surface area (Å²) in [4.78, 5) is 57.4. The molecule has 5 rings (SSSR count). The minimum Gasteiger partial charge on any atom is -0.494 e. The number of anilines is 1. The summed E-state index contributed by atoms with van der Waals surface area (Å²) in [5.74, 6) is 0.317. The van der Waals surface area contributed by atoms with Crippen LogP contribution in [0.1, 0.15) is 93.4 Å². The number of non-ortho nitro benzene ring substituents is 1. The van der Waals surface area contributed by atoms with Gasteiger partial charge in [-0.2, -0.15) is 5.11 Å². The van der Waals surface area contributed by atoms with E-state index in [1.54, 1.807) is 13.2 Å². The molecule has 18 nitrogen and oxygen atoms in total. The van der Waals surface area contributed by atoms with Gasteiger partial charge in [-0.15, -0.1) is 5.11 Å². The van der Waals surface area contributed by atoms with Gasteiger partial charge in [0, 0.05) is 75.0 Å². The highest BCUT2D eigenvalue weighted by Gasteiger charge is 2.40. The van der Waals surface area contributed by atoms with Crippen molar-refractivity contribution in [3.05, 3.63) is 108 Å². The number of nitrogens with one attached hydrogen (secondary N) is 2. The second-order valence-electron chi connectivity index (χ2n) is 16.2. The summed E-state index contributed by atoms with van der Waals surface area (Å²) in [5, 5.41) is 22.6. The van der Waals surface area contributed by atoms with Crippen molar-refractivity contribution in [1.82, 2.24) is 19.5 Å². The van der Waals surface area contributed by atoms with Crippen LogP contribution in [-0.2, 0) is 18.6 Å². The number of rotatable bonds is 20. The minimum absolute atomic E-state index is 0.0386. The van der Waals surface area contributed by atoms with E-state index < -0.39 is 43.1 Å². The lowest BCUT2D eigenvalue weighted by Crippen LogP contribution is -2.45.